The Labute approximate surface area is 165 Å². The number of ketones is 1. The Kier molecular flexibility index (Phi) is 4.07. The first kappa shape index (κ1) is 16.6. The number of carbonyl (C=O) groups excluding carboxylic acids is 1. The molecule has 0 fully saturated rings. The standard InChI is InChI=1S/C23H15N3OS/c27-21(20-15-25-26-12-5-11-24-23(20)26)22-19(10-13-28-22)18-9-4-8-17(14-18)16-6-2-1-3-7-16/h1-15H. The molecule has 5 rings (SSSR count). The third kappa shape index (κ3) is 2.82. The Morgan fingerprint density at radius 2 is 1.71 bits per heavy atom. The van der Waals surface area contributed by atoms with Crippen molar-refractivity contribution in [3.63, 3.8) is 0 Å². The van der Waals surface area contributed by atoms with Gasteiger partial charge in [0.25, 0.3) is 0 Å². The van der Waals surface area contributed by atoms with E-state index in [0.717, 1.165) is 22.3 Å². The van der Waals surface area contributed by atoms with Gasteiger partial charge in [0.2, 0.25) is 5.78 Å². The van der Waals surface area contributed by atoms with Crippen LogP contribution in [-0.2, 0) is 0 Å². The van der Waals surface area contributed by atoms with Gasteiger partial charge in [-0.15, -0.1) is 11.3 Å². The van der Waals surface area contributed by atoms with E-state index in [-0.39, 0.29) is 5.78 Å². The molecular weight excluding hydrogens is 366 g/mol. The van der Waals surface area contributed by atoms with Crippen LogP contribution in [-0.4, -0.2) is 20.4 Å². The van der Waals surface area contributed by atoms with Crippen LogP contribution in [0.2, 0.25) is 0 Å². The van der Waals surface area contributed by atoms with E-state index < -0.39 is 0 Å². The van der Waals surface area contributed by atoms with Crippen molar-refractivity contribution >= 4 is 22.8 Å². The number of fused-ring (bicyclic) bond motifs is 1. The van der Waals surface area contributed by atoms with Crippen LogP contribution in [0.3, 0.4) is 0 Å². The minimum Gasteiger partial charge on any atom is -0.287 e. The molecule has 0 aliphatic heterocycles. The quantitative estimate of drug-likeness (QED) is 0.394. The zero-order valence-electron chi connectivity index (χ0n) is 14.8. The van der Waals surface area contributed by atoms with E-state index in [9.17, 15) is 4.79 Å². The summed E-state index contributed by atoms with van der Waals surface area (Å²) >= 11 is 1.45. The number of hydrogen-bond donors (Lipinski definition) is 0. The Hall–Kier alpha value is -3.57. The smallest absolute Gasteiger partial charge is 0.209 e. The van der Waals surface area contributed by atoms with Gasteiger partial charge in [0.1, 0.15) is 0 Å². The van der Waals surface area contributed by atoms with Gasteiger partial charge >= 0.3 is 0 Å². The highest BCUT2D eigenvalue weighted by Gasteiger charge is 2.21. The zero-order chi connectivity index (χ0) is 18.9. The summed E-state index contributed by atoms with van der Waals surface area (Å²) in [5.74, 6) is -0.0520. The van der Waals surface area contributed by atoms with Crippen molar-refractivity contribution < 1.29 is 4.79 Å². The Morgan fingerprint density at radius 1 is 0.893 bits per heavy atom. The summed E-state index contributed by atoms with van der Waals surface area (Å²) in [6.45, 7) is 0. The van der Waals surface area contributed by atoms with Crippen molar-refractivity contribution in [3.05, 3.63) is 101 Å². The number of benzene rings is 2. The minimum absolute atomic E-state index is 0.0520. The third-order valence-electron chi connectivity index (χ3n) is 4.68. The first-order valence-corrected chi connectivity index (χ1v) is 9.75. The fourth-order valence-electron chi connectivity index (χ4n) is 3.32. The molecule has 0 saturated carbocycles. The van der Waals surface area contributed by atoms with Gasteiger partial charge in [0.05, 0.1) is 16.6 Å². The first-order valence-electron chi connectivity index (χ1n) is 8.88. The summed E-state index contributed by atoms with van der Waals surface area (Å²) in [5.41, 5.74) is 5.33. The van der Waals surface area contributed by atoms with Gasteiger partial charge in [-0.05, 0) is 40.3 Å². The van der Waals surface area contributed by atoms with Crippen molar-refractivity contribution in [2.75, 3.05) is 0 Å². The molecule has 134 valence electrons. The molecule has 0 N–H and O–H groups in total. The highest BCUT2D eigenvalue weighted by Crippen LogP contribution is 2.33. The SMILES string of the molecule is O=C(c1sccc1-c1cccc(-c2ccccc2)c1)c1cnn2cccnc12. The number of thiophene rings is 1. The van der Waals surface area contributed by atoms with Gasteiger partial charge in [0, 0.05) is 18.0 Å². The average molecular weight is 381 g/mol. The van der Waals surface area contributed by atoms with Crippen LogP contribution in [0.1, 0.15) is 15.2 Å². The molecule has 5 aromatic rings. The maximum absolute atomic E-state index is 13.2. The van der Waals surface area contributed by atoms with Crippen molar-refractivity contribution in [3.8, 4) is 22.3 Å². The van der Waals surface area contributed by atoms with Crippen molar-refractivity contribution in [1.29, 1.82) is 0 Å². The van der Waals surface area contributed by atoms with E-state index in [2.05, 4.69) is 34.3 Å². The van der Waals surface area contributed by atoms with E-state index in [4.69, 9.17) is 0 Å². The minimum atomic E-state index is -0.0520. The topological polar surface area (TPSA) is 47.3 Å². The van der Waals surface area contributed by atoms with Crippen molar-refractivity contribution in [1.82, 2.24) is 14.6 Å². The normalized spacial score (nSPS) is 11.0. The number of aromatic nitrogens is 3. The van der Waals surface area contributed by atoms with Crippen LogP contribution in [0.4, 0.5) is 0 Å². The molecule has 0 saturated heterocycles. The van der Waals surface area contributed by atoms with Crippen molar-refractivity contribution in [2.24, 2.45) is 0 Å². The molecule has 0 bridgehead atoms. The van der Waals surface area contributed by atoms with Crippen LogP contribution < -0.4 is 0 Å². The molecule has 0 radical (unpaired) electrons. The van der Waals surface area contributed by atoms with Gasteiger partial charge in [-0.2, -0.15) is 5.10 Å². The van der Waals surface area contributed by atoms with Gasteiger partial charge in [-0.1, -0.05) is 48.5 Å². The Bertz CT molecular complexity index is 1290. The van der Waals surface area contributed by atoms with Gasteiger partial charge in [0.15, 0.2) is 5.65 Å². The molecule has 0 aliphatic rings. The molecule has 4 nitrogen and oxygen atoms in total. The summed E-state index contributed by atoms with van der Waals surface area (Å²) in [6.07, 6.45) is 5.05. The molecule has 0 atom stereocenters. The molecule has 0 unspecified atom stereocenters. The molecule has 0 aliphatic carbocycles. The molecule has 3 heterocycles. The van der Waals surface area contributed by atoms with E-state index in [0.29, 0.717) is 16.1 Å². The van der Waals surface area contributed by atoms with Crippen LogP contribution in [0, 0.1) is 0 Å². The molecule has 5 heteroatoms. The lowest BCUT2D eigenvalue weighted by molar-refractivity contribution is 0.104. The molecule has 3 aromatic heterocycles. The van der Waals surface area contributed by atoms with Crippen LogP contribution in [0.25, 0.3) is 27.9 Å². The predicted molar refractivity (Wildman–Crippen MR) is 112 cm³/mol. The van der Waals surface area contributed by atoms with Crippen LogP contribution >= 0.6 is 11.3 Å². The number of hydrogen-bond acceptors (Lipinski definition) is 4. The maximum Gasteiger partial charge on any atom is 0.209 e. The van der Waals surface area contributed by atoms with E-state index in [1.165, 1.54) is 11.3 Å². The monoisotopic (exact) mass is 381 g/mol. The number of rotatable bonds is 4. The molecular formula is C23H15N3OS. The lowest BCUT2D eigenvalue weighted by Crippen LogP contribution is -2.01. The average Bonchev–Trinajstić information content (AvgIpc) is 3.41. The highest BCUT2D eigenvalue weighted by molar-refractivity contribution is 7.12. The second kappa shape index (κ2) is 6.87. The summed E-state index contributed by atoms with van der Waals surface area (Å²) in [7, 11) is 0. The van der Waals surface area contributed by atoms with Gasteiger partial charge in [-0.3, -0.25) is 4.79 Å². The molecule has 0 amide bonds. The summed E-state index contributed by atoms with van der Waals surface area (Å²) in [6, 6.07) is 22.3. The van der Waals surface area contributed by atoms with Crippen LogP contribution in [0.5, 0.6) is 0 Å². The summed E-state index contributed by atoms with van der Waals surface area (Å²) < 4.78 is 1.62. The summed E-state index contributed by atoms with van der Waals surface area (Å²) in [5, 5.41) is 6.20. The second-order valence-corrected chi connectivity index (χ2v) is 7.30. The summed E-state index contributed by atoms with van der Waals surface area (Å²) in [4.78, 5) is 18.3. The van der Waals surface area contributed by atoms with E-state index >= 15 is 0 Å². The third-order valence-corrected chi connectivity index (χ3v) is 5.59. The number of nitrogens with zero attached hydrogens (tertiary/aromatic N) is 3. The van der Waals surface area contributed by atoms with Gasteiger partial charge < -0.3 is 0 Å². The lowest BCUT2D eigenvalue weighted by atomic mass is 9.98. The highest BCUT2D eigenvalue weighted by atomic mass is 32.1. The molecule has 28 heavy (non-hydrogen) atoms. The first-order chi connectivity index (χ1) is 13.8. The van der Waals surface area contributed by atoms with E-state index in [1.807, 2.05) is 41.8 Å². The zero-order valence-corrected chi connectivity index (χ0v) is 15.6. The number of carbonyl (C=O) groups is 1. The molecule has 2 aromatic carbocycles. The maximum atomic E-state index is 13.2. The molecule has 0 spiro atoms. The lowest BCUT2D eigenvalue weighted by Gasteiger charge is -2.07. The van der Waals surface area contributed by atoms with Crippen molar-refractivity contribution in [2.45, 2.75) is 0 Å². The fourth-order valence-corrected chi connectivity index (χ4v) is 4.19. The Morgan fingerprint density at radius 3 is 2.61 bits per heavy atom. The van der Waals surface area contributed by atoms with E-state index in [1.54, 1.807) is 29.2 Å². The Balaban J connectivity index is 1.58. The second-order valence-electron chi connectivity index (χ2n) is 6.39. The fraction of sp³-hybridized carbons (Fsp3) is 0. The van der Waals surface area contributed by atoms with Crippen LogP contribution in [0.15, 0.2) is 90.7 Å². The largest absolute Gasteiger partial charge is 0.287 e. The predicted octanol–water partition coefficient (Wildman–Crippen LogP) is 5.36. The van der Waals surface area contributed by atoms with Gasteiger partial charge in [-0.25, -0.2) is 9.50 Å².